The number of carbonyl (C=O) groups excluding carboxylic acids is 4. The molecule has 0 heterocycles. The quantitative estimate of drug-likeness (QED) is 0.119. The van der Waals surface area contributed by atoms with Crippen molar-refractivity contribution in [3.63, 3.8) is 0 Å². The monoisotopic (exact) mass is 728 g/mol. The molecule has 0 radical (unpaired) electrons. The van der Waals surface area contributed by atoms with Gasteiger partial charge in [0.1, 0.15) is 12.3 Å². The fraction of sp³-hybridized carbons (Fsp3) is 0.371. The number of hydrogen-bond donors (Lipinski definition) is 2. The number of hydrogen-bond acceptors (Lipinski definition) is 5. The van der Waals surface area contributed by atoms with Gasteiger partial charge in [-0.3, -0.25) is 19.2 Å². The number of halogens is 7. The first-order chi connectivity index (χ1) is 22.9. The van der Waals surface area contributed by atoms with E-state index in [1.807, 2.05) is 0 Å². The number of benzene rings is 3. The maximum absolute atomic E-state index is 14.8. The van der Waals surface area contributed by atoms with Gasteiger partial charge in [0.05, 0.1) is 23.2 Å². The molecule has 2 N–H and O–H groups in total. The standard InChI is InChI=1S/C35H35Cl2F5N2O5/c1-20(2)25(32(47)35(41,42)33(48)43-19-34(38,39)40)17-30(45)29(15-21-7-5-4-6-8-21)44-31(46)18-26(22-9-12-24(49-3)13-10-22)23-11-14-27(36)28(37)16-23/h4-14,16,20,25-26,29H,15,17-19H2,1-3H3,(H,43,48)(H,44,46)/t25-,26?,29-/m0/s1. The highest BCUT2D eigenvalue weighted by Gasteiger charge is 2.51. The molecule has 0 aliphatic heterocycles. The molecule has 0 spiro atoms. The van der Waals surface area contributed by atoms with Crippen molar-refractivity contribution in [3.8, 4) is 5.75 Å². The number of methoxy groups -OCH3 is 1. The van der Waals surface area contributed by atoms with Crippen molar-refractivity contribution < 1.29 is 45.9 Å². The second-order valence-corrected chi connectivity index (χ2v) is 12.6. The Bertz CT molecular complexity index is 1620. The summed E-state index contributed by atoms with van der Waals surface area (Å²) in [5.74, 6) is -13.3. The molecule has 0 bridgehead atoms. The van der Waals surface area contributed by atoms with Crippen LogP contribution in [0.2, 0.25) is 10.0 Å². The van der Waals surface area contributed by atoms with Crippen LogP contribution in [0, 0.1) is 11.8 Å². The molecule has 1 unspecified atom stereocenters. The molecule has 7 nitrogen and oxygen atoms in total. The third-order valence-corrected chi connectivity index (χ3v) is 8.61. The molecule has 3 aromatic carbocycles. The van der Waals surface area contributed by atoms with E-state index < -0.39 is 72.2 Å². The molecule has 264 valence electrons. The average Bonchev–Trinajstić information content (AvgIpc) is 3.05. The Hall–Kier alpha value is -4.03. The van der Waals surface area contributed by atoms with Gasteiger partial charge in [0.2, 0.25) is 11.7 Å². The summed E-state index contributed by atoms with van der Waals surface area (Å²) in [6.07, 6.45) is -6.05. The summed E-state index contributed by atoms with van der Waals surface area (Å²) in [6, 6.07) is 19.0. The van der Waals surface area contributed by atoms with Gasteiger partial charge in [-0.2, -0.15) is 22.0 Å². The molecule has 3 aromatic rings. The van der Waals surface area contributed by atoms with Gasteiger partial charge < -0.3 is 15.4 Å². The fourth-order valence-electron chi connectivity index (χ4n) is 5.15. The first-order valence-electron chi connectivity index (χ1n) is 15.1. The van der Waals surface area contributed by atoms with Gasteiger partial charge in [-0.1, -0.05) is 85.6 Å². The van der Waals surface area contributed by atoms with Crippen molar-refractivity contribution >= 4 is 46.6 Å². The van der Waals surface area contributed by atoms with E-state index in [9.17, 15) is 41.1 Å². The van der Waals surface area contributed by atoms with Crippen LogP contribution in [0.15, 0.2) is 72.8 Å². The van der Waals surface area contributed by atoms with Gasteiger partial charge in [0.25, 0.3) is 5.91 Å². The van der Waals surface area contributed by atoms with Gasteiger partial charge in [-0.15, -0.1) is 0 Å². The zero-order valence-corrected chi connectivity index (χ0v) is 28.3. The predicted octanol–water partition coefficient (Wildman–Crippen LogP) is 7.37. The Balaban J connectivity index is 1.89. The van der Waals surface area contributed by atoms with E-state index in [4.69, 9.17) is 27.9 Å². The van der Waals surface area contributed by atoms with E-state index in [1.165, 1.54) is 21.0 Å². The molecular formula is C35H35Cl2F5N2O5. The molecule has 0 fully saturated rings. The molecule has 0 aliphatic rings. The van der Waals surface area contributed by atoms with Crippen molar-refractivity contribution in [2.75, 3.05) is 13.7 Å². The third-order valence-electron chi connectivity index (χ3n) is 7.87. The minimum absolute atomic E-state index is 0.0626. The number of alkyl halides is 5. The summed E-state index contributed by atoms with van der Waals surface area (Å²) in [5.41, 5.74) is 1.95. The molecule has 0 saturated heterocycles. The molecule has 3 atom stereocenters. The molecule has 0 saturated carbocycles. The number of ether oxygens (including phenoxy) is 1. The van der Waals surface area contributed by atoms with Gasteiger partial charge in [-0.25, -0.2) is 0 Å². The zero-order chi connectivity index (χ0) is 36.5. The maximum Gasteiger partial charge on any atom is 0.405 e. The van der Waals surface area contributed by atoms with Crippen LogP contribution < -0.4 is 15.4 Å². The molecule has 49 heavy (non-hydrogen) atoms. The van der Waals surface area contributed by atoms with Crippen LogP contribution in [0.25, 0.3) is 0 Å². The topological polar surface area (TPSA) is 102 Å². The van der Waals surface area contributed by atoms with Crippen LogP contribution in [0.5, 0.6) is 5.75 Å². The van der Waals surface area contributed by atoms with Gasteiger partial charge in [0.15, 0.2) is 5.78 Å². The predicted molar refractivity (Wildman–Crippen MR) is 175 cm³/mol. The van der Waals surface area contributed by atoms with E-state index in [2.05, 4.69) is 5.32 Å². The number of amides is 2. The molecular weight excluding hydrogens is 694 g/mol. The second kappa shape index (κ2) is 17.1. The SMILES string of the molecule is COc1ccc(C(CC(=O)N[C@@H](Cc2ccccc2)C(=O)C[C@H](C(=O)C(F)(F)C(=O)NCC(F)(F)F)C(C)C)c2ccc(Cl)c(Cl)c2)cc1. The number of carbonyl (C=O) groups is 4. The smallest absolute Gasteiger partial charge is 0.405 e. The van der Waals surface area contributed by atoms with Gasteiger partial charge in [0, 0.05) is 24.7 Å². The lowest BCUT2D eigenvalue weighted by Crippen LogP contribution is -2.52. The average molecular weight is 730 g/mol. The summed E-state index contributed by atoms with van der Waals surface area (Å²) < 4.78 is 72.5. The van der Waals surface area contributed by atoms with Crippen LogP contribution in [0.4, 0.5) is 22.0 Å². The normalized spacial score (nSPS) is 13.7. The minimum Gasteiger partial charge on any atom is -0.497 e. The van der Waals surface area contributed by atoms with Crippen molar-refractivity contribution in [1.82, 2.24) is 10.6 Å². The number of ketones is 2. The summed E-state index contributed by atoms with van der Waals surface area (Å²) in [4.78, 5) is 52.2. The largest absolute Gasteiger partial charge is 0.497 e. The number of nitrogens with one attached hydrogen (secondary N) is 2. The Morgan fingerprint density at radius 2 is 1.43 bits per heavy atom. The highest BCUT2D eigenvalue weighted by Crippen LogP contribution is 2.34. The Labute approximate surface area is 290 Å². The van der Waals surface area contributed by atoms with E-state index in [1.54, 1.807) is 72.8 Å². The summed E-state index contributed by atoms with van der Waals surface area (Å²) in [5, 5.41) is 4.28. The first kappa shape index (κ1) is 39.4. The Kier molecular flexibility index (Phi) is 13.7. The molecule has 3 rings (SSSR count). The number of Topliss-reactive ketones (excluding diaryl/α,β-unsaturated/α-hetero) is 2. The lowest BCUT2D eigenvalue weighted by Gasteiger charge is -2.26. The van der Waals surface area contributed by atoms with Crippen LogP contribution in [0.1, 0.15) is 49.3 Å². The van der Waals surface area contributed by atoms with Crippen molar-refractivity contribution in [1.29, 1.82) is 0 Å². The van der Waals surface area contributed by atoms with Crippen LogP contribution in [-0.4, -0.2) is 55.2 Å². The minimum atomic E-state index is -4.99. The van der Waals surface area contributed by atoms with Crippen molar-refractivity contribution in [2.45, 2.75) is 57.2 Å². The third kappa shape index (κ3) is 11.3. The number of rotatable bonds is 16. The summed E-state index contributed by atoms with van der Waals surface area (Å²) >= 11 is 12.4. The van der Waals surface area contributed by atoms with Crippen LogP contribution in [0.3, 0.4) is 0 Å². The van der Waals surface area contributed by atoms with E-state index in [-0.39, 0.29) is 17.9 Å². The van der Waals surface area contributed by atoms with Gasteiger partial charge in [-0.05, 0) is 53.3 Å². The Morgan fingerprint density at radius 1 is 0.816 bits per heavy atom. The maximum atomic E-state index is 14.8. The fourth-order valence-corrected chi connectivity index (χ4v) is 5.46. The molecule has 14 heteroatoms. The lowest BCUT2D eigenvalue weighted by atomic mass is 9.82. The highest BCUT2D eigenvalue weighted by molar-refractivity contribution is 6.42. The highest BCUT2D eigenvalue weighted by atomic mass is 35.5. The molecule has 2 amide bonds. The van der Waals surface area contributed by atoms with Crippen LogP contribution >= 0.6 is 23.2 Å². The van der Waals surface area contributed by atoms with E-state index in [0.29, 0.717) is 27.5 Å². The summed E-state index contributed by atoms with van der Waals surface area (Å²) in [6.45, 7) is 0.660. The van der Waals surface area contributed by atoms with E-state index >= 15 is 0 Å². The first-order valence-corrected chi connectivity index (χ1v) is 15.9. The van der Waals surface area contributed by atoms with Crippen molar-refractivity contribution in [2.24, 2.45) is 11.8 Å². The summed E-state index contributed by atoms with van der Waals surface area (Å²) in [7, 11) is 1.50. The van der Waals surface area contributed by atoms with Crippen molar-refractivity contribution in [3.05, 3.63) is 99.5 Å². The second-order valence-electron chi connectivity index (χ2n) is 11.8. The van der Waals surface area contributed by atoms with Crippen LogP contribution in [-0.2, 0) is 25.6 Å². The van der Waals surface area contributed by atoms with E-state index in [0.717, 1.165) is 5.32 Å². The Morgan fingerprint density at radius 3 is 1.98 bits per heavy atom. The molecule has 0 aliphatic carbocycles. The van der Waals surface area contributed by atoms with Gasteiger partial charge >= 0.3 is 12.1 Å². The lowest BCUT2D eigenvalue weighted by molar-refractivity contribution is -0.167. The molecule has 0 aromatic heterocycles. The zero-order valence-electron chi connectivity index (χ0n) is 26.8.